The first-order chi connectivity index (χ1) is 12.3. The van der Waals surface area contributed by atoms with Crippen molar-refractivity contribution in [2.75, 3.05) is 5.32 Å². The van der Waals surface area contributed by atoms with E-state index in [-0.39, 0.29) is 11.8 Å². The Kier molecular flexibility index (Phi) is 3.17. The summed E-state index contributed by atoms with van der Waals surface area (Å²) in [5.41, 5.74) is 6.10. The minimum atomic E-state index is -0.175. The second-order valence-electron chi connectivity index (χ2n) is 6.56. The molecule has 0 radical (unpaired) electrons. The minimum absolute atomic E-state index is 0.175. The van der Waals surface area contributed by atoms with Crippen molar-refractivity contribution in [1.29, 1.82) is 0 Å². The van der Waals surface area contributed by atoms with E-state index >= 15 is 0 Å². The first kappa shape index (κ1) is 14.3. The van der Waals surface area contributed by atoms with Crippen LogP contribution in [-0.2, 0) is 4.79 Å². The van der Waals surface area contributed by atoms with Crippen LogP contribution in [0, 0.1) is 0 Å². The van der Waals surface area contributed by atoms with Gasteiger partial charge < -0.3 is 5.32 Å². The van der Waals surface area contributed by atoms with Crippen molar-refractivity contribution in [3.63, 3.8) is 0 Å². The highest BCUT2D eigenvalue weighted by Crippen LogP contribution is 2.47. The number of allylic oxidation sites excluding steroid dienone is 1. The van der Waals surface area contributed by atoms with Crippen LogP contribution in [0.1, 0.15) is 36.6 Å². The molecule has 3 aromatic rings. The molecule has 5 rings (SSSR count). The van der Waals surface area contributed by atoms with Crippen LogP contribution in [0.5, 0.6) is 0 Å². The van der Waals surface area contributed by atoms with E-state index in [1.54, 1.807) is 6.20 Å². The van der Waals surface area contributed by atoms with Crippen LogP contribution in [0.15, 0.2) is 60.4 Å². The summed E-state index contributed by atoms with van der Waals surface area (Å²) in [6.07, 6.45) is 6.03. The van der Waals surface area contributed by atoms with Gasteiger partial charge in [0.15, 0.2) is 5.78 Å². The van der Waals surface area contributed by atoms with E-state index < -0.39 is 0 Å². The van der Waals surface area contributed by atoms with Gasteiger partial charge >= 0.3 is 0 Å². The van der Waals surface area contributed by atoms with Crippen LogP contribution in [0.25, 0.3) is 16.5 Å². The monoisotopic (exact) mass is 327 g/mol. The number of nitrogens with one attached hydrogen (secondary N) is 1. The Morgan fingerprint density at radius 3 is 2.76 bits per heavy atom. The fourth-order valence-corrected chi connectivity index (χ4v) is 4.05. The Morgan fingerprint density at radius 2 is 1.88 bits per heavy atom. The van der Waals surface area contributed by atoms with E-state index in [9.17, 15) is 4.79 Å². The summed E-state index contributed by atoms with van der Waals surface area (Å²) in [7, 11) is 0. The molecule has 1 aromatic carbocycles. The lowest BCUT2D eigenvalue weighted by Crippen LogP contribution is -2.27. The van der Waals surface area contributed by atoms with Crippen LogP contribution >= 0.6 is 0 Å². The van der Waals surface area contributed by atoms with Crippen molar-refractivity contribution >= 4 is 27.9 Å². The average molecular weight is 327 g/mol. The first-order valence-corrected chi connectivity index (χ1v) is 8.65. The van der Waals surface area contributed by atoms with Gasteiger partial charge in [0.05, 0.1) is 17.3 Å². The number of benzene rings is 1. The maximum absolute atomic E-state index is 12.8. The predicted octanol–water partition coefficient (Wildman–Crippen LogP) is 4.30. The molecule has 1 atom stereocenters. The highest BCUT2D eigenvalue weighted by molar-refractivity contribution is 6.12. The van der Waals surface area contributed by atoms with Crippen molar-refractivity contribution in [2.45, 2.75) is 25.3 Å². The first-order valence-electron chi connectivity index (χ1n) is 8.65. The Labute approximate surface area is 145 Å². The smallest absolute Gasteiger partial charge is 0.161 e. The second kappa shape index (κ2) is 5.52. The maximum atomic E-state index is 12.8. The molecular weight excluding hydrogens is 310 g/mol. The molecule has 1 aliphatic carbocycles. The summed E-state index contributed by atoms with van der Waals surface area (Å²) in [6.45, 7) is 0. The molecule has 4 heteroatoms. The number of fused-ring (bicyclic) bond motifs is 4. The molecule has 25 heavy (non-hydrogen) atoms. The zero-order chi connectivity index (χ0) is 16.8. The topological polar surface area (TPSA) is 54.9 Å². The largest absolute Gasteiger partial charge is 0.372 e. The highest BCUT2D eigenvalue weighted by atomic mass is 16.1. The van der Waals surface area contributed by atoms with E-state index in [4.69, 9.17) is 0 Å². The van der Waals surface area contributed by atoms with Gasteiger partial charge in [0.25, 0.3) is 0 Å². The minimum Gasteiger partial charge on any atom is -0.372 e. The summed E-state index contributed by atoms with van der Waals surface area (Å²) < 4.78 is 0. The molecule has 0 saturated heterocycles. The van der Waals surface area contributed by atoms with Crippen LogP contribution in [-0.4, -0.2) is 15.8 Å². The molecule has 4 nitrogen and oxygen atoms in total. The number of ketones is 1. The third kappa shape index (κ3) is 2.18. The van der Waals surface area contributed by atoms with Gasteiger partial charge in [0.1, 0.15) is 0 Å². The fourth-order valence-electron chi connectivity index (χ4n) is 4.05. The second-order valence-corrected chi connectivity index (χ2v) is 6.56. The molecule has 0 saturated carbocycles. The maximum Gasteiger partial charge on any atom is 0.161 e. The summed E-state index contributed by atoms with van der Waals surface area (Å²) in [5, 5.41) is 4.67. The SMILES string of the molecule is O=C1CCCC2=C1[C@@H](c1ccccn1)Nc1ccc3ncccc3c12. The van der Waals surface area contributed by atoms with E-state index in [0.717, 1.165) is 46.3 Å². The number of pyridine rings is 2. The number of aromatic nitrogens is 2. The number of anilines is 1. The molecule has 0 fully saturated rings. The number of hydrogen-bond donors (Lipinski definition) is 1. The number of carbonyl (C=O) groups is 1. The van der Waals surface area contributed by atoms with E-state index in [0.29, 0.717) is 6.42 Å². The molecular formula is C21H17N3O. The van der Waals surface area contributed by atoms with Crippen molar-refractivity contribution in [3.05, 3.63) is 71.7 Å². The highest BCUT2D eigenvalue weighted by Gasteiger charge is 2.35. The van der Waals surface area contributed by atoms with Gasteiger partial charge in [-0.3, -0.25) is 14.8 Å². The molecule has 1 N–H and O–H groups in total. The standard InChI is InChI=1S/C21H17N3O/c25-18-8-3-5-14-19-13-6-4-12-22-15(13)9-10-16(19)24-21(20(14)18)17-7-1-2-11-23-17/h1-2,4,6-7,9-12,21,24H,3,5,8H2/t21-/m1/s1. The molecule has 0 bridgehead atoms. The fraction of sp³-hybridized carbons (Fsp3) is 0.190. The van der Waals surface area contributed by atoms with Crippen LogP contribution in [0.2, 0.25) is 0 Å². The number of nitrogens with zero attached hydrogens (tertiary/aromatic N) is 2. The van der Waals surface area contributed by atoms with Gasteiger partial charge in [-0.15, -0.1) is 0 Å². The molecule has 0 spiro atoms. The molecule has 3 heterocycles. The van der Waals surface area contributed by atoms with Crippen LogP contribution in [0.4, 0.5) is 5.69 Å². The van der Waals surface area contributed by atoms with Gasteiger partial charge in [-0.2, -0.15) is 0 Å². The zero-order valence-electron chi connectivity index (χ0n) is 13.7. The zero-order valence-corrected chi connectivity index (χ0v) is 13.7. The lowest BCUT2D eigenvalue weighted by molar-refractivity contribution is -0.116. The normalized spacial score (nSPS) is 19.4. The van der Waals surface area contributed by atoms with Gasteiger partial charge in [0, 0.05) is 41.0 Å². The Bertz CT molecular complexity index is 1020. The summed E-state index contributed by atoms with van der Waals surface area (Å²) >= 11 is 0. The third-order valence-corrected chi connectivity index (χ3v) is 5.12. The molecule has 1 aliphatic heterocycles. The van der Waals surface area contributed by atoms with Crippen LogP contribution in [0.3, 0.4) is 0 Å². The lowest BCUT2D eigenvalue weighted by atomic mass is 9.78. The molecule has 0 unspecified atom stereocenters. The third-order valence-electron chi connectivity index (χ3n) is 5.12. The summed E-state index contributed by atoms with van der Waals surface area (Å²) in [4.78, 5) is 21.8. The van der Waals surface area contributed by atoms with Crippen LogP contribution < -0.4 is 5.32 Å². The molecule has 2 aliphatic rings. The van der Waals surface area contributed by atoms with Crippen molar-refractivity contribution in [2.24, 2.45) is 0 Å². The number of carbonyl (C=O) groups excluding carboxylic acids is 1. The van der Waals surface area contributed by atoms with Gasteiger partial charge in [-0.1, -0.05) is 12.1 Å². The number of Topliss-reactive ketones (excluding diaryl/α,β-unsaturated/α-hetero) is 1. The molecule has 2 aromatic heterocycles. The molecule has 0 amide bonds. The molecule has 122 valence electrons. The van der Waals surface area contributed by atoms with Gasteiger partial charge in [-0.25, -0.2) is 0 Å². The Hall–Kier alpha value is -3.01. The predicted molar refractivity (Wildman–Crippen MR) is 98.1 cm³/mol. The van der Waals surface area contributed by atoms with Crippen molar-refractivity contribution in [1.82, 2.24) is 9.97 Å². The van der Waals surface area contributed by atoms with Gasteiger partial charge in [0.2, 0.25) is 0 Å². The van der Waals surface area contributed by atoms with E-state index in [1.165, 1.54) is 5.57 Å². The Balaban J connectivity index is 1.81. The van der Waals surface area contributed by atoms with Crippen molar-refractivity contribution in [3.8, 4) is 0 Å². The average Bonchev–Trinajstić information content (AvgIpc) is 2.68. The number of hydrogen-bond acceptors (Lipinski definition) is 4. The van der Waals surface area contributed by atoms with Gasteiger partial charge in [-0.05, 0) is 48.7 Å². The summed E-state index contributed by atoms with van der Waals surface area (Å²) in [5.74, 6) is 0.232. The van der Waals surface area contributed by atoms with Crippen molar-refractivity contribution < 1.29 is 4.79 Å². The Morgan fingerprint density at radius 1 is 0.960 bits per heavy atom. The number of rotatable bonds is 1. The van der Waals surface area contributed by atoms with E-state index in [1.807, 2.05) is 36.5 Å². The quantitative estimate of drug-likeness (QED) is 0.724. The summed E-state index contributed by atoms with van der Waals surface area (Å²) in [6, 6.07) is 13.8. The van der Waals surface area contributed by atoms with E-state index in [2.05, 4.69) is 27.4 Å². The lowest BCUT2D eigenvalue weighted by Gasteiger charge is -2.34.